The van der Waals surface area contributed by atoms with Crippen molar-refractivity contribution in [1.82, 2.24) is 9.88 Å². The van der Waals surface area contributed by atoms with E-state index in [1.165, 1.54) is 38.5 Å². The third kappa shape index (κ3) is 11.1. The first kappa shape index (κ1) is 28.7. The summed E-state index contributed by atoms with van der Waals surface area (Å²) in [6.45, 7) is 14.9. The lowest BCUT2D eigenvalue weighted by molar-refractivity contribution is -0.696. The van der Waals surface area contributed by atoms with Crippen LogP contribution in [0.1, 0.15) is 103 Å². The Morgan fingerprint density at radius 2 is 1.77 bits per heavy atom. The molecular weight excluding hydrogens is 434 g/mol. The fraction of sp³-hybridized carbons (Fsp3) is 0.600. The Bertz CT molecular complexity index is 901. The molecule has 0 fully saturated rings. The highest BCUT2D eigenvalue weighted by Gasteiger charge is 2.23. The van der Waals surface area contributed by atoms with Gasteiger partial charge in [-0.25, -0.2) is 13.9 Å². The number of ether oxygens (including phenoxy) is 1. The zero-order chi connectivity index (χ0) is 25.5. The lowest BCUT2D eigenvalue weighted by atomic mass is 9.92. The molecule has 1 aromatic heterocycles. The normalized spacial score (nSPS) is 11.4. The summed E-state index contributed by atoms with van der Waals surface area (Å²) in [6, 6.07) is 8.12. The number of aromatic nitrogens is 2. The van der Waals surface area contributed by atoms with E-state index in [9.17, 15) is 4.79 Å². The summed E-state index contributed by atoms with van der Waals surface area (Å²) in [5, 5.41) is 3.00. The van der Waals surface area contributed by atoms with Crippen molar-refractivity contribution in [3.05, 3.63) is 60.7 Å². The van der Waals surface area contributed by atoms with Crippen LogP contribution in [0, 0.1) is 0 Å². The molecule has 0 unspecified atom stereocenters. The molecule has 0 saturated carbocycles. The van der Waals surface area contributed by atoms with E-state index >= 15 is 0 Å². The average Bonchev–Trinajstić information content (AvgIpc) is 3.28. The van der Waals surface area contributed by atoms with E-state index in [0.29, 0.717) is 6.61 Å². The van der Waals surface area contributed by atoms with Crippen molar-refractivity contribution in [2.24, 2.45) is 0 Å². The van der Waals surface area contributed by atoms with Gasteiger partial charge in [0.1, 0.15) is 12.4 Å². The summed E-state index contributed by atoms with van der Waals surface area (Å²) in [5.41, 5.74) is 2.62. The molecule has 2 aromatic rings. The summed E-state index contributed by atoms with van der Waals surface area (Å²) in [6.07, 6.45) is 18.5. The molecule has 0 spiro atoms. The topological polar surface area (TPSA) is 47.1 Å². The van der Waals surface area contributed by atoms with Gasteiger partial charge in [0, 0.05) is 0 Å². The van der Waals surface area contributed by atoms with Gasteiger partial charge in [-0.05, 0) is 76.5 Å². The van der Waals surface area contributed by atoms with E-state index in [2.05, 4.69) is 52.7 Å². The molecule has 0 radical (unpaired) electrons. The highest BCUT2D eigenvalue weighted by atomic mass is 16.5. The van der Waals surface area contributed by atoms with Gasteiger partial charge in [-0.3, -0.25) is 0 Å². The first-order valence-electron chi connectivity index (χ1n) is 13.6. The van der Waals surface area contributed by atoms with E-state index in [1.807, 2.05) is 39.0 Å². The number of nitrogens with one attached hydrogen (secondary N) is 1. The minimum absolute atomic E-state index is 0.363. The first-order chi connectivity index (χ1) is 16.8. The Labute approximate surface area is 213 Å². The van der Waals surface area contributed by atoms with Crippen molar-refractivity contribution in [2.75, 3.05) is 6.61 Å². The molecule has 194 valence electrons. The fourth-order valence-corrected chi connectivity index (χ4v) is 4.23. The number of carbonyl (C=O) groups excluding carboxylic acids is 1. The monoisotopic (exact) mass is 482 g/mol. The van der Waals surface area contributed by atoms with Gasteiger partial charge in [0.15, 0.2) is 0 Å². The van der Waals surface area contributed by atoms with Crippen LogP contribution < -0.4 is 9.88 Å². The molecule has 0 atom stereocenters. The van der Waals surface area contributed by atoms with Crippen LogP contribution in [0.4, 0.5) is 4.79 Å². The number of alkyl carbamates (subject to hydrolysis) is 1. The third-order valence-electron chi connectivity index (χ3n) is 6.55. The SMILES string of the molecule is C=C(C)c1cccc(C(C)(C)NC(=O)OCCCCCCn2cc[n+](CCCCCCCC)c2)c1. The second-order valence-electron chi connectivity index (χ2n) is 10.3. The molecule has 5 nitrogen and oxygen atoms in total. The average molecular weight is 483 g/mol. The maximum absolute atomic E-state index is 12.3. The number of carbonyl (C=O) groups is 1. The molecule has 35 heavy (non-hydrogen) atoms. The minimum atomic E-state index is -0.509. The number of aryl methyl sites for hydroxylation is 2. The van der Waals surface area contributed by atoms with Gasteiger partial charge in [0.05, 0.1) is 25.2 Å². The third-order valence-corrected chi connectivity index (χ3v) is 6.55. The van der Waals surface area contributed by atoms with Gasteiger partial charge < -0.3 is 10.1 Å². The second-order valence-corrected chi connectivity index (χ2v) is 10.3. The van der Waals surface area contributed by atoms with Crippen LogP contribution in [0.25, 0.3) is 5.57 Å². The molecule has 0 aliphatic carbocycles. The second kappa shape index (κ2) is 15.4. The Hall–Kier alpha value is -2.56. The molecular formula is C30H48N3O2+. The number of nitrogens with zero attached hydrogens (tertiary/aromatic N) is 2. The van der Waals surface area contributed by atoms with E-state index in [1.54, 1.807) is 0 Å². The first-order valence-corrected chi connectivity index (χ1v) is 13.6. The number of unbranched alkanes of at least 4 members (excludes halogenated alkanes) is 8. The van der Waals surface area contributed by atoms with E-state index in [0.717, 1.165) is 55.5 Å². The smallest absolute Gasteiger partial charge is 0.407 e. The molecule has 5 heteroatoms. The quantitative estimate of drug-likeness (QED) is 0.189. The van der Waals surface area contributed by atoms with Crippen molar-refractivity contribution < 1.29 is 14.1 Å². The van der Waals surface area contributed by atoms with Crippen molar-refractivity contribution in [1.29, 1.82) is 0 Å². The van der Waals surface area contributed by atoms with E-state index < -0.39 is 5.54 Å². The molecule has 0 saturated heterocycles. The van der Waals surface area contributed by atoms with Gasteiger partial charge in [0.25, 0.3) is 0 Å². The molecule has 1 N–H and O–H groups in total. The Balaban J connectivity index is 1.55. The highest BCUT2D eigenvalue weighted by molar-refractivity contribution is 5.69. The lowest BCUT2D eigenvalue weighted by Gasteiger charge is -2.27. The molecule has 1 amide bonds. The van der Waals surface area contributed by atoms with Gasteiger partial charge in [-0.1, -0.05) is 63.0 Å². The molecule has 0 bridgehead atoms. The standard InChI is InChI=1S/C30H47N3O2/c1-6-7-8-9-10-13-19-32-21-22-33(25-32)20-14-11-12-15-23-35-29(34)31-30(4,5)28-18-16-17-27(24-28)26(2)3/h16-18,21-22,24-25H,2,6-15,19-20,23H2,1,3-5H3/p+1. The van der Waals surface area contributed by atoms with Crippen molar-refractivity contribution in [3.63, 3.8) is 0 Å². The number of amides is 1. The number of hydrogen-bond acceptors (Lipinski definition) is 2. The fourth-order valence-electron chi connectivity index (χ4n) is 4.23. The van der Waals surface area contributed by atoms with Gasteiger partial charge in [-0.2, -0.15) is 0 Å². The van der Waals surface area contributed by atoms with Crippen molar-refractivity contribution >= 4 is 11.7 Å². The number of hydrogen-bond donors (Lipinski definition) is 1. The van der Waals surface area contributed by atoms with Crippen LogP contribution >= 0.6 is 0 Å². The molecule has 0 aliphatic heterocycles. The zero-order valence-electron chi connectivity index (χ0n) is 22.7. The van der Waals surface area contributed by atoms with Crippen molar-refractivity contribution in [2.45, 2.75) is 111 Å². The van der Waals surface area contributed by atoms with Gasteiger partial charge in [0.2, 0.25) is 6.33 Å². The predicted octanol–water partition coefficient (Wildman–Crippen LogP) is 7.39. The molecule has 1 aromatic carbocycles. The number of benzene rings is 1. The van der Waals surface area contributed by atoms with E-state index in [-0.39, 0.29) is 6.09 Å². The zero-order valence-corrected chi connectivity index (χ0v) is 22.7. The van der Waals surface area contributed by atoms with Crippen molar-refractivity contribution in [3.8, 4) is 0 Å². The number of allylic oxidation sites excluding steroid dienone is 1. The maximum atomic E-state index is 12.3. The van der Waals surface area contributed by atoms with Crippen LogP contribution in [0.5, 0.6) is 0 Å². The molecule has 1 heterocycles. The van der Waals surface area contributed by atoms with Crippen LogP contribution in [-0.4, -0.2) is 17.3 Å². The van der Waals surface area contributed by atoms with Crippen LogP contribution in [0.2, 0.25) is 0 Å². The minimum Gasteiger partial charge on any atom is -0.450 e. The van der Waals surface area contributed by atoms with Crippen LogP contribution in [0.3, 0.4) is 0 Å². The Morgan fingerprint density at radius 1 is 1.06 bits per heavy atom. The number of imidazole rings is 1. The van der Waals surface area contributed by atoms with Gasteiger partial charge in [-0.15, -0.1) is 0 Å². The largest absolute Gasteiger partial charge is 0.450 e. The lowest BCUT2D eigenvalue weighted by Crippen LogP contribution is -2.41. The summed E-state index contributed by atoms with van der Waals surface area (Å²) in [7, 11) is 0. The maximum Gasteiger partial charge on any atom is 0.407 e. The summed E-state index contributed by atoms with van der Waals surface area (Å²) < 4.78 is 10.0. The summed E-state index contributed by atoms with van der Waals surface area (Å²) in [4.78, 5) is 12.3. The summed E-state index contributed by atoms with van der Waals surface area (Å²) >= 11 is 0. The highest BCUT2D eigenvalue weighted by Crippen LogP contribution is 2.23. The number of rotatable bonds is 17. The van der Waals surface area contributed by atoms with Crippen LogP contribution in [0.15, 0.2) is 49.6 Å². The predicted molar refractivity (Wildman–Crippen MR) is 145 cm³/mol. The Morgan fingerprint density at radius 3 is 2.54 bits per heavy atom. The molecule has 2 rings (SSSR count). The van der Waals surface area contributed by atoms with Crippen LogP contribution in [-0.2, 0) is 23.4 Å². The van der Waals surface area contributed by atoms with E-state index in [4.69, 9.17) is 4.74 Å². The Kier molecular flexibility index (Phi) is 12.6. The summed E-state index contributed by atoms with van der Waals surface area (Å²) in [5.74, 6) is 0. The molecule has 0 aliphatic rings. The van der Waals surface area contributed by atoms with Gasteiger partial charge >= 0.3 is 6.09 Å².